The van der Waals surface area contributed by atoms with Crippen LogP contribution in [0, 0.1) is 0 Å². The van der Waals surface area contributed by atoms with Crippen LogP contribution in [0.5, 0.6) is 0 Å². The third kappa shape index (κ3) is 2.72. The van der Waals surface area contributed by atoms with E-state index in [2.05, 4.69) is 15.0 Å². The van der Waals surface area contributed by atoms with Crippen molar-refractivity contribution in [3.8, 4) is 33.8 Å². The van der Waals surface area contributed by atoms with Gasteiger partial charge < -0.3 is 0 Å². The van der Waals surface area contributed by atoms with Gasteiger partial charge in [0.2, 0.25) is 0 Å². The Morgan fingerprint density at radius 2 is 0.667 bits per heavy atom. The van der Waals surface area contributed by atoms with E-state index in [9.17, 15) is 0 Å². The van der Waals surface area contributed by atoms with E-state index in [0.717, 1.165) is 50.7 Å². The molecule has 0 bridgehead atoms. The quantitative estimate of drug-likeness (QED) is 0.424. The minimum Gasteiger partial charge on any atom is -0.265 e. The second kappa shape index (κ2) is 6.79. The van der Waals surface area contributed by atoms with Gasteiger partial charge in [0.25, 0.3) is 0 Å². The summed E-state index contributed by atoms with van der Waals surface area (Å²) in [6.07, 6.45) is 10.6. The van der Waals surface area contributed by atoms with Crippen molar-refractivity contribution in [1.29, 1.82) is 0 Å². The summed E-state index contributed by atoms with van der Waals surface area (Å²) in [6, 6.07) is 17.8. The second-order valence-electron chi connectivity index (χ2n) is 7.61. The van der Waals surface area contributed by atoms with E-state index in [4.69, 9.17) is 15.3 Å². The van der Waals surface area contributed by atoms with Gasteiger partial charge in [-0.3, -0.25) is 15.0 Å². The van der Waals surface area contributed by atoms with Crippen LogP contribution in [0.2, 0.25) is 0 Å². The number of rotatable bonds is 3. The van der Waals surface area contributed by atoms with Gasteiger partial charge in [0.15, 0.2) is 16.9 Å². The fourth-order valence-electron chi connectivity index (χ4n) is 4.06. The van der Waals surface area contributed by atoms with Crippen LogP contribution in [0.1, 0.15) is 0 Å². The number of nitrogens with zero attached hydrogens (tertiary/aromatic N) is 9. The van der Waals surface area contributed by atoms with Crippen molar-refractivity contribution < 1.29 is 0 Å². The maximum absolute atomic E-state index is 4.90. The van der Waals surface area contributed by atoms with Crippen LogP contribution >= 0.6 is 0 Å². The van der Waals surface area contributed by atoms with Gasteiger partial charge in [-0.1, -0.05) is 0 Å². The highest BCUT2D eigenvalue weighted by Crippen LogP contribution is 2.27. The maximum Gasteiger partial charge on any atom is 0.162 e. The van der Waals surface area contributed by atoms with Gasteiger partial charge in [-0.2, -0.15) is 28.8 Å². The van der Waals surface area contributed by atoms with Crippen LogP contribution in [-0.2, 0) is 0 Å². The molecule has 9 heteroatoms. The van der Waals surface area contributed by atoms with Crippen molar-refractivity contribution in [1.82, 2.24) is 43.8 Å². The lowest BCUT2D eigenvalue weighted by Gasteiger charge is -2.01. The first-order valence-corrected chi connectivity index (χ1v) is 10.4. The highest BCUT2D eigenvalue weighted by atomic mass is 15.4. The van der Waals surface area contributed by atoms with Gasteiger partial charge in [-0.25, -0.2) is 0 Å². The van der Waals surface area contributed by atoms with Crippen molar-refractivity contribution in [2.24, 2.45) is 0 Å². The molecule has 0 N–H and O–H groups in total. The summed E-state index contributed by atoms with van der Waals surface area (Å²) in [5, 5.41) is 14.7. The van der Waals surface area contributed by atoms with Crippen molar-refractivity contribution in [3.63, 3.8) is 0 Å². The molecular formula is C24H15N9. The molecule has 0 saturated carbocycles. The predicted molar refractivity (Wildman–Crippen MR) is 122 cm³/mol. The Balaban J connectivity index is 1.57. The molecule has 0 amide bonds. The molecular weight excluding hydrogens is 414 g/mol. The molecule has 156 valence electrons. The molecule has 7 aromatic rings. The van der Waals surface area contributed by atoms with Crippen molar-refractivity contribution >= 4 is 16.9 Å². The van der Waals surface area contributed by atoms with Gasteiger partial charge in [0.1, 0.15) is 0 Å². The number of pyridine rings is 3. The third-order valence-electron chi connectivity index (χ3n) is 5.65. The molecule has 0 unspecified atom stereocenters. The molecule has 0 aliphatic rings. The van der Waals surface area contributed by atoms with E-state index in [1.807, 2.05) is 68.1 Å². The SMILES string of the molecule is c1cc(-c2cc3n(n2)c2cc(-c4ccncc4)nn2c2cc(-c4ccncc4)nn32)ccn1. The number of hydrogen-bond acceptors (Lipinski definition) is 6. The van der Waals surface area contributed by atoms with E-state index in [0.29, 0.717) is 0 Å². The average molecular weight is 429 g/mol. The normalized spacial score (nSPS) is 11.6. The van der Waals surface area contributed by atoms with Gasteiger partial charge in [0, 0.05) is 72.1 Å². The first-order chi connectivity index (χ1) is 16.3. The Morgan fingerprint density at radius 3 is 0.939 bits per heavy atom. The molecule has 0 atom stereocenters. The highest BCUT2D eigenvalue weighted by molar-refractivity contribution is 5.74. The van der Waals surface area contributed by atoms with Crippen molar-refractivity contribution in [2.75, 3.05) is 0 Å². The summed E-state index contributed by atoms with van der Waals surface area (Å²) >= 11 is 0. The largest absolute Gasteiger partial charge is 0.265 e. The van der Waals surface area contributed by atoms with Crippen LogP contribution < -0.4 is 0 Å². The summed E-state index contributed by atoms with van der Waals surface area (Å²) in [4.78, 5) is 12.4. The molecule has 0 saturated heterocycles. The molecule has 0 aliphatic carbocycles. The van der Waals surface area contributed by atoms with E-state index in [1.54, 1.807) is 37.2 Å². The standard InChI is InChI=1S/C24H15N9/c1-7-25-8-2-16(1)19-13-22-31(28-19)23-14-20(17-3-9-26-10-4-17)30-33(23)24-15-21(29-32(22)24)18-5-11-27-12-6-18/h1-15H. The van der Waals surface area contributed by atoms with Gasteiger partial charge in [-0.05, 0) is 36.4 Å². The first kappa shape index (κ1) is 17.7. The summed E-state index contributed by atoms with van der Waals surface area (Å²) < 4.78 is 5.64. The number of hydrogen-bond donors (Lipinski definition) is 0. The Hall–Kier alpha value is -4.92. The summed E-state index contributed by atoms with van der Waals surface area (Å²) in [6.45, 7) is 0. The van der Waals surface area contributed by atoms with E-state index >= 15 is 0 Å². The van der Waals surface area contributed by atoms with Gasteiger partial charge in [0.05, 0.1) is 17.1 Å². The molecule has 0 aromatic carbocycles. The Bertz CT molecular complexity index is 1440. The first-order valence-electron chi connectivity index (χ1n) is 10.4. The summed E-state index contributed by atoms with van der Waals surface area (Å²) in [5.41, 5.74) is 7.96. The van der Waals surface area contributed by atoms with Crippen LogP contribution in [0.15, 0.2) is 91.8 Å². The van der Waals surface area contributed by atoms with Crippen LogP contribution in [0.4, 0.5) is 0 Å². The maximum atomic E-state index is 4.90. The fourth-order valence-corrected chi connectivity index (χ4v) is 4.06. The molecule has 0 radical (unpaired) electrons. The van der Waals surface area contributed by atoms with Crippen LogP contribution in [0.25, 0.3) is 50.7 Å². The molecule has 7 aromatic heterocycles. The van der Waals surface area contributed by atoms with Crippen molar-refractivity contribution in [3.05, 3.63) is 91.8 Å². The minimum atomic E-state index is 0.833. The monoisotopic (exact) mass is 429 g/mol. The van der Waals surface area contributed by atoms with Gasteiger partial charge in [-0.15, -0.1) is 0 Å². The van der Waals surface area contributed by atoms with E-state index < -0.39 is 0 Å². The molecule has 9 nitrogen and oxygen atoms in total. The molecule has 7 heterocycles. The number of fused-ring (bicyclic) bond motifs is 6. The third-order valence-corrected chi connectivity index (χ3v) is 5.65. The topological polar surface area (TPSA) is 90.6 Å². The van der Waals surface area contributed by atoms with Crippen LogP contribution in [0.3, 0.4) is 0 Å². The Kier molecular flexibility index (Phi) is 3.65. The van der Waals surface area contributed by atoms with Crippen molar-refractivity contribution in [2.45, 2.75) is 0 Å². The van der Waals surface area contributed by atoms with E-state index in [-0.39, 0.29) is 0 Å². The zero-order valence-corrected chi connectivity index (χ0v) is 17.2. The molecule has 0 aliphatic heterocycles. The zero-order valence-electron chi connectivity index (χ0n) is 17.2. The molecule has 7 rings (SSSR count). The molecule has 33 heavy (non-hydrogen) atoms. The summed E-state index contributed by atoms with van der Waals surface area (Å²) in [7, 11) is 0. The Morgan fingerprint density at radius 1 is 0.394 bits per heavy atom. The zero-order chi connectivity index (χ0) is 21.8. The highest BCUT2D eigenvalue weighted by Gasteiger charge is 2.18. The lowest BCUT2D eigenvalue weighted by atomic mass is 10.2. The van der Waals surface area contributed by atoms with E-state index in [1.165, 1.54) is 0 Å². The Labute approximate surface area is 186 Å². The average Bonchev–Trinajstić information content (AvgIpc) is 3.62. The number of aromatic nitrogens is 9. The van der Waals surface area contributed by atoms with Gasteiger partial charge >= 0.3 is 0 Å². The lowest BCUT2D eigenvalue weighted by molar-refractivity contribution is 0.831. The molecule has 0 spiro atoms. The lowest BCUT2D eigenvalue weighted by Crippen LogP contribution is -2.04. The van der Waals surface area contributed by atoms with Crippen LogP contribution in [-0.4, -0.2) is 43.8 Å². The second-order valence-corrected chi connectivity index (χ2v) is 7.61. The predicted octanol–water partition coefficient (Wildman–Crippen LogP) is 3.82. The summed E-state index contributed by atoms with van der Waals surface area (Å²) in [5.74, 6) is 0. The smallest absolute Gasteiger partial charge is 0.162 e. The fraction of sp³-hybridized carbons (Fsp3) is 0. The minimum absolute atomic E-state index is 0.833. The molecule has 0 fully saturated rings.